The molecule has 0 radical (unpaired) electrons. The van der Waals surface area contributed by atoms with E-state index in [2.05, 4.69) is 27.1 Å². The molecule has 1 aromatic carbocycles. The van der Waals surface area contributed by atoms with Crippen LogP contribution in [0.4, 0.5) is 5.13 Å². The SMILES string of the molecule is CCN1CCc2nc(NC(=O)c3cc(-c4cccnc4)nc4ccccc34)sc2C1. The standard InChI is InChI=1S/C23H21N5OS/c1-2-28-11-9-19-21(14-28)30-23(26-19)27-22(29)17-12-20(15-6-5-10-24-13-15)25-18-8-4-3-7-16(17)18/h3-8,10,12-13H,2,9,11,14H2,1H3,(H,26,27,29). The number of rotatable bonds is 4. The number of anilines is 1. The van der Waals surface area contributed by atoms with Crippen LogP contribution in [0.25, 0.3) is 22.2 Å². The summed E-state index contributed by atoms with van der Waals surface area (Å²) in [7, 11) is 0. The lowest BCUT2D eigenvalue weighted by Crippen LogP contribution is -2.29. The van der Waals surface area contributed by atoms with E-state index in [0.717, 1.165) is 53.9 Å². The van der Waals surface area contributed by atoms with Crippen LogP contribution in [0.2, 0.25) is 0 Å². The summed E-state index contributed by atoms with van der Waals surface area (Å²) >= 11 is 1.57. The summed E-state index contributed by atoms with van der Waals surface area (Å²) in [5, 5.41) is 4.51. The Balaban J connectivity index is 1.50. The number of nitrogens with one attached hydrogen (secondary N) is 1. The fraction of sp³-hybridized carbons (Fsp3) is 0.217. The van der Waals surface area contributed by atoms with Gasteiger partial charge in [0, 0.05) is 47.7 Å². The molecule has 7 heteroatoms. The van der Waals surface area contributed by atoms with Gasteiger partial charge in [-0.25, -0.2) is 9.97 Å². The molecule has 30 heavy (non-hydrogen) atoms. The molecular formula is C23H21N5OS. The monoisotopic (exact) mass is 415 g/mol. The van der Waals surface area contributed by atoms with Gasteiger partial charge in [-0.2, -0.15) is 0 Å². The van der Waals surface area contributed by atoms with Crippen molar-refractivity contribution < 1.29 is 4.79 Å². The van der Waals surface area contributed by atoms with E-state index >= 15 is 0 Å². The van der Waals surface area contributed by atoms with E-state index < -0.39 is 0 Å². The summed E-state index contributed by atoms with van der Waals surface area (Å²) in [5.74, 6) is -0.169. The number of pyridine rings is 2. The maximum atomic E-state index is 13.2. The van der Waals surface area contributed by atoms with Crippen molar-refractivity contribution in [2.75, 3.05) is 18.4 Å². The summed E-state index contributed by atoms with van der Waals surface area (Å²) in [6.45, 7) is 5.12. The first kappa shape index (κ1) is 18.8. The Bertz CT molecular complexity index is 1220. The quantitative estimate of drug-likeness (QED) is 0.535. The maximum Gasteiger partial charge on any atom is 0.258 e. The molecule has 0 saturated heterocycles. The summed E-state index contributed by atoms with van der Waals surface area (Å²) in [6, 6.07) is 13.3. The maximum absolute atomic E-state index is 13.2. The summed E-state index contributed by atoms with van der Waals surface area (Å²) < 4.78 is 0. The highest BCUT2D eigenvalue weighted by atomic mass is 32.1. The number of benzene rings is 1. The molecule has 4 aromatic rings. The van der Waals surface area contributed by atoms with E-state index in [1.807, 2.05) is 42.5 Å². The van der Waals surface area contributed by atoms with Crippen LogP contribution in [-0.4, -0.2) is 38.8 Å². The van der Waals surface area contributed by atoms with Crippen molar-refractivity contribution in [2.45, 2.75) is 19.9 Å². The second-order valence-corrected chi connectivity index (χ2v) is 8.36. The van der Waals surface area contributed by atoms with Crippen LogP contribution in [0, 0.1) is 0 Å². The van der Waals surface area contributed by atoms with E-state index in [1.54, 1.807) is 23.7 Å². The smallest absolute Gasteiger partial charge is 0.258 e. The zero-order chi connectivity index (χ0) is 20.5. The average Bonchev–Trinajstić information content (AvgIpc) is 3.20. The number of para-hydroxylation sites is 1. The van der Waals surface area contributed by atoms with Gasteiger partial charge in [-0.15, -0.1) is 11.3 Å². The van der Waals surface area contributed by atoms with E-state index in [1.165, 1.54) is 4.88 Å². The van der Waals surface area contributed by atoms with Crippen LogP contribution in [-0.2, 0) is 13.0 Å². The third-order valence-electron chi connectivity index (χ3n) is 5.40. The number of hydrogen-bond acceptors (Lipinski definition) is 6. The summed E-state index contributed by atoms with van der Waals surface area (Å²) in [5.41, 5.74) is 4.07. The minimum Gasteiger partial charge on any atom is -0.298 e. The van der Waals surface area contributed by atoms with Crippen molar-refractivity contribution in [2.24, 2.45) is 0 Å². The minimum atomic E-state index is -0.169. The van der Waals surface area contributed by atoms with Gasteiger partial charge < -0.3 is 0 Å². The number of carbonyl (C=O) groups excluding carboxylic acids is 1. The molecular weight excluding hydrogens is 394 g/mol. The number of amides is 1. The molecule has 0 bridgehead atoms. The molecule has 0 unspecified atom stereocenters. The van der Waals surface area contributed by atoms with Crippen LogP contribution in [0.1, 0.15) is 27.9 Å². The van der Waals surface area contributed by atoms with Crippen LogP contribution < -0.4 is 5.32 Å². The van der Waals surface area contributed by atoms with Crippen LogP contribution in [0.3, 0.4) is 0 Å². The molecule has 5 rings (SSSR count). The molecule has 1 aliphatic rings. The van der Waals surface area contributed by atoms with Gasteiger partial charge in [0.05, 0.1) is 22.5 Å². The number of fused-ring (bicyclic) bond motifs is 2. The highest BCUT2D eigenvalue weighted by molar-refractivity contribution is 7.15. The molecule has 4 heterocycles. The number of aromatic nitrogens is 3. The van der Waals surface area contributed by atoms with Crippen molar-refractivity contribution in [1.29, 1.82) is 0 Å². The Kier molecular flexibility index (Phi) is 4.98. The predicted molar refractivity (Wildman–Crippen MR) is 120 cm³/mol. The third kappa shape index (κ3) is 3.58. The Morgan fingerprint density at radius 2 is 2.10 bits per heavy atom. The van der Waals surface area contributed by atoms with E-state index in [0.29, 0.717) is 10.7 Å². The highest BCUT2D eigenvalue weighted by Crippen LogP contribution is 2.30. The molecule has 0 saturated carbocycles. The van der Waals surface area contributed by atoms with Gasteiger partial charge in [-0.3, -0.25) is 20.0 Å². The third-order valence-corrected chi connectivity index (χ3v) is 6.39. The molecule has 0 atom stereocenters. The van der Waals surface area contributed by atoms with Gasteiger partial charge in [0.15, 0.2) is 5.13 Å². The molecule has 1 amide bonds. The van der Waals surface area contributed by atoms with Crippen molar-refractivity contribution in [3.63, 3.8) is 0 Å². The van der Waals surface area contributed by atoms with Crippen molar-refractivity contribution in [3.05, 3.63) is 71.0 Å². The Hall–Kier alpha value is -3.16. The van der Waals surface area contributed by atoms with E-state index in [9.17, 15) is 4.79 Å². The Labute approximate surface area is 178 Å². The van der Waals surface area contributed by atoms with Crippen molar-refractivity contribution in [1.82, 2.24) is 19.9 Å². The molecule has 150 valence electrons. The molecule has 0 fully saturated rings. The lowest BCUT2D eigenvalue weighted by Gasteiger charge is -2.23. The second-order valence-electron chi connectivity index (χ2n) is 7.28. The largest absolute Gasteiger partial charge is 0.298 e. The number of nitrogens with zero attached hydrogens (tertiary/aromatic N) is 4. The minimum absolute atomic E-state index is 0.169. The van der Waals surface area contributed by atoms with Gasteiger partial charge in [0.1, 0.15) is 0 Å². The number of hydrogen-bond donors (Lipinski definition) is 1. The van der Waals surface area contributed by atoms with Crippen LogP contribution in [0.15, 0.2) is 54.9 Å². The van der Waals surface area contributed by atoms with Crippen molar-refractivity contribution >= 4 is 33.3 Å². The fourth-order valence-corrected chi connectivity index (χ4v) is 4.81. The number of carbonyl (C=O) groups is 1. The Morgan fingerprint density at radius 1 is 1.20 bits per heavy atom. The van der Waals surface area contributed by atoms with Crippen molar-refractivity contribution in [3.8, 4) is 11.3 Å². The number of likely N-dealkylation sites (N-methyl/N-ethyl adjacent to an activating group) is 1. The molecule has 1 aliphatic heterocycles. The molecule has 1 N–H and O–H groups in total. The van der Waals surface area contributed by atoms with Gasteiger partial charge >= 0.3 is 0 Å². The molecule has 3 aromatic heterocycles. The predicted octanol–water partition coefficient (Wildman–Crippen LogP) is 4.38. The molecule has 0 spiro atoms. The molecule has 6 nitrogen and oxygen atoms in total. The van der Waals surface area contributed by atoms with Crippen LogP contribution in [0.5, 0.6) is 0 Å². The van der Waals surface area contributed by atoms with Crippen LogP contribution >= 0.6 is 11.3 Å². The topological polar surface area (TPSA) is 71.0 Å². The fourth-order valence-electron chi connectivity index (χ4n) is 3.76. The first-order valence-corrected chi connectivity index (χ1v) is 10.9. The first-order valence-electron chi connectivity index (χ1n) is 10.0. The summed E-state index contributed by atoms with van der Waals surface area (Å²) in [4.78, 5) is 30.5. The summed E-state index contributed by atoms with van der Waals surface area (Å²) in [6.07, 6.45) is 4.41. The lowest BCUT2D eigenvalue weighted by atomic mass is 10.0. The molecule has 0 aliphatic carbocycles. The normalized spacial score (nSPS) is 13.9. The lowest BCUT2D eigenvalue weighted by molar-refractivity contribution is 0.102. The highest BCUT2D eigenvalue weighted by Gasteiger charge is 2.21. The van der Waals surface area contributed by atoms with E-state index in [4.69, 9.17) is 4.98 Å². The second kappa shape index (κ2) is 7.93. The first-order chi connectivity index (χ1) is 14.7. The van der Waals surface area contributed by atoms with Gasteiger partial charge in [0.25, 0.3) is 5.91 Å². The van der Waals surface area contributed by atoms with E-state index in [-0.39, 0.29) is 5.91 Å². The van der Waals surface area contributed by atoms with Gasteiger partial charge in [-0.05, 0) is 30.8 Å². The van der Waals surface area contributed by atoms with Gasteiger partial charge in [-0.1, -0.05) is 25.1 Å². The Morgan fingerprint density at radius 3 is 2.93 bits per heavy atom. The van der Waals surface area contributed by atoms with Gasteiger partial charge in [0.2, 0.25) is 0 Å². The average molecular weight is 416 g/mol. The number of thiazole rings is 1. The zero-order valence-corrected chi connectivity index (χ0v) is 17.4. The zero-order valence-electron chi connectivity index (χ0n) is 16.6.